The van der Waals surface area contributed by atoms with Gasteiger partial charge in [0.1, 0.15) is 5.82 Å². The van der Waals surface area contributed by atoms with Crippen LogP contribution in [-0.4, -0.2) is 17.0 Å². The van der Waals surface area contributed by atoms with Crippen LogP contribution in [-0.2, 0) is 0 Å². The summed E-state index contributed by atoms with van der Waals surface area (Å²) in [5.41, 5.74) is 0.930. The minimum Gasteiger partial charge on any atom is -0.372 e. The predicted octanol–water partition coefficient (Wildman–Crippen LogP) is 4.08. The lowest BCUT2D eigenvalue weighted by molar-refractivity contribution is 1.10. The van der Waals surface area contributed by atoms with Crippen LogP contribution in [0.1, 0.15) is 5.69 Å². The number of thiophene rings is 1. The van der Waals surface area contributed by atoms with E-state index in [0.717, 1.165) is 30.5 Å². The molecule has 2 aromatic rings. The summed E-state index contributed by atoms with van der Waals surface area (Å²) in [7, 11) is 1.85. The average Bonchev–Trinajstić information content (AvgIpc) is 2.69. The minimum atomic E-state index is 0.751. The minimum absolute atomic E-state index is 0.751. The van der Waals surface area contributed by atoms with Gasteiger partial charge in [-0.25, -0.2) is 9.97 Å². The molecule has 0 amide bonds. The molecule has 3 nitrogen and oxygen atoms in total. The molecule has 84 valence electrons. The van der Waals surface area contributed by atoms with E-state index in [4.69, 9.17) is 0 Å². The average molecular weight is 363 g/mol. The van der Waals surface area contributed by atoms with Crippen LogP contribution in [0.4, 0.5) is 5.82 Å². The van der Waals surface area contributed by atoms with Gasteiger partial charge in [-0.1, -0.05) is 0 Å². The molecule has 2 heterocycles. The van der Waals surface area contributed by atoms with Crippen LogP contribution in [0.3, 0.4) is 0 Å². The van der Waals surface area contributed by atoms with Crippen molar-refractivity contribution in [1.82, 2.24) is 9.97 Å². The molecule has 2 aromatic heterocycles. The molecule has 0 aliphatic rings. The topological polar surface area (TPSA) is 37.8 Å². The number of aryl methyl sites for hydroxylation is 1. The monoisotopic (exact) mass is 361 g/mol. The third-order valence-electron chi connectivity index (χ3n) is 2.05. The highest BCUT2D eigenvalue weighted by molar-refractivity contribution is 9.11. The fraction of sp³-hybridized carbons (Fsp3) is 0.200. The highest BCUT2D eigenvalue weighted by Gasteiger charge is 2.11. The molecule has 2 rings (SSSR count). The zero-order chi connectivity index (χ0) is 11.7. The van der Waals surface area contributed by atoms with Gasteiger partial charge in [0.05, 0.1) is 18.8 Å². The van der Waals surface area contributed by atoms with Crippen LogP contribution < -0.4 is 5.32 Å². The van der Waals surface area contributed by atoms with Gasteiger partial charge in [0.2, 0.25) is 0 Å². The lowest BCUT2D eigenvalue weighted by atomic mass is 10.3. The molecule has 0 saturated carbocycles. The van der Waals surface area contributed by atoms with E-state index in [1.54, 1.807) is 11.3 Å². The second-order valence-electron chi connectivity index (χ2n) is 3.15. The molecule has 0 saturated heterocycles. The van der Waals surface area contributed by atoms with E-state index >= 15 is 0 Å². The molecule has 0 unspecified atom stereocenters. The molecule has 0 bridgehead atoms. The van der Waals surface area contributed by atoms with Crippen molar-refractivity contribution in [2.45, 2.75) is 6.92 Å². The normalized spacial score (nSPS) is 10.5. The maximum atomic E-state index is 4.46. The third-order valence-corrected chi connectivity index (χ3v) is 4.62. The van der Waals surface area contributed by atoms with Crippen molar-refractivity contribution in [2.24, 2.45) is 0 Å². The van der Waals surface area contributed by atoms with Crippen molar-refractivity contribution in [1.29, 1.82) is 0 Å². The Morgan fingerprint density at radius 3 is 2.56 bits per heavy atom. The lowest BCUT2D eigenvalue weighted by Crippen LogP contribution is -1.99. The third kappa shape index (κ3) is 2.28. The number of rotatable bonds is 2. The summed E-state index contributed by atoms with van der Waals surface area (Å²) in [6.45, 7) is 1.96. The number of nitrogens with zero attached hydrogens (tertiary/aromatic N) is 2. The fourth-order valence-corrected chi connectivity index (χ4v) is 2.97. The van der Waals surface area contributed by atoms with Crippen molar-refractivity contribution in [3.05, 3.63) is 26.1 Å². The molecule has 16 heavy (non-hydrogen) atoms. The number of hydrogen-bond acceptors (Lipinski definition) is 4. The van der Waals surface area contributed by atoms with E-state index in [9.17, 15) is 0 Å². The van der Waals surface area contributed by atoms with Crippen LogP contribution in [0.2, 0.25) is 0 Å². The SMILES string of the molecule is CNc1nc(-c2ccc(Br)s2)nc(C)c1Br. The number of anilines is 1. The summed E-state index contributed by atoms with van der Waals surface area (Å²) in [6, 6.07) is 4.01. The number of nitrogens with one attached hydrogen (secondary N) is 1. The first-order chi connectivity index (χ1) is 7.61. The summed E-state index contributed by atoms with van der Waals surface area (Å²) in [4.78, 5) is 9.97. The number of halogens is 2. The van der Waals surface area contributed by atoms with E-state index in [2.05, 4.69) is 47.1 Å². The van der Waals surface area contributed by atoms with Gasteiger partial charge >= 0.3 is 0 Å². The first kappa shape index (κ1) is 12.0. The Morgan fingerprint density at radius 2 is 2.00 bits per heavy atom. The Balaban J connectivity index is 2.54. The Morgan fingerprint density at radius 1 is 1.25 bits per heavy atom. The summed E-state index contributed by atoms with van der Waals surface area (Å²) in [5, 5.41) is 3.05. The summed E-state index contributed by atoms with van der Waals surface area (Å²) in [6.07, 6.45) is 0. The van der Waals surface area contributed by atoms with Crippen molar-refractivity contribution in [2.75, 3.05) is 12.4 Å². The van der Waals surface area contributed by atoms with E-state index < -0.39 is 0 Å². The molecule has 0 aliphatic heterocycles. The quantitative estimate of drug-likeness (QED) is 0.874. The van der Waals surface area contributed by atoms with Crippen molar-refractivity contribution >= 4 is 49.0 Å². The fourth-order valence-electron chi connectivity index (χ4n) is 1.27. The van der Waals surface area contributed by atoms with Crippen LogP contribution in [0.5, 0.6) is 0 Å². The molecule has 1 N–H and O–H groups in total. The molecular formula is C10H9Br2N3S. The van der Waals surface area contributed by atoms with Crippen molar-refractivity contribution < 1.29 is 0 Å². The highest BCUT2D eigenvalue weighted by Crippen LogP contribution is 2.32. The molecular weight excluding hydrogens is 354 g/mol. The molecule has 0 aromatic carbocycles. The summed E-state index contributed by atoms with van der Waals surface area (Å²) < 4.78 is 1.99. The predicted molar refractivity (Wildman–Crippen MR) is 75.0 cm³/mol. The van der Waals surface area contributed by atoms with Crippen molar-refractivity contribution in [3.8, 4) is 10.7 Å². The van der Waals surface area contributed by atoms with Gasteiger partial charge in [-0.05, 0) is 50.9 Å². The maximum Gasteiger partial charge on any atom is 0.171 e. The van der Waals surface area contributed by atoms with Gasteiger partial charge in [0, 0.05) is 7.05 Å². The second-order valence-corrected chi connectivity index (χ2v) is 6.40. The largest absolute Gasteiger partial charge is 0.372 e. The first-order valence-electron chi connectivity index (χ1n) is 4.59. The Hall–Kier alpha value is -0.460. The Bertz CT molecular complexity index is 525. The van der Waals surface area contributed by atoms with Gasteiger partial charge in [-0.3, -0.25) is 0 Å². The van der Waals surface area contributed by atoms with Crippen LogP contribution >= 0.6 is 43.2 Å². The van der Waals surface area contributed by atoms with Gasteiger partial charge < -0.3 is 5.32 Å². The Labute approximate surface area is 115 Å². The van der Waals surface area contributed by atoms with Gasteiger partial charge in [-0.15, -0.1) is 11.3 Å². The highest BCUT2D eigenvalue weighted by atomic mass is 79.9. The standard InChI is InChI=1S/C10H9Br2N3S/c1-5-8(12)10(13-2)15-9(14-5)6-3-4-7(11)16-6/h3-4H,1-2H3,(H,13,14,15). The van der Waals surface area contributed by atoms with E-state index in [0.29, 0.717) is 0 Å². The first-order valence-corrected chi connectivity index (χ1v) is 6.99. The van der Waals surface area contributed by atoms with Crippen LogP contribution in [0.15, 0.2) is 20.4 Å². The zero-order valence-electron chi connectivity index (χ0n) is 8.71. The zero-order valence-corrected chi connectivity index (χ0v) is 12.7. The van der Waals surface area contributed by atoms with Crippen LogP contribution in [0.25, 0.3) is 10.7 Å². The van der Waals surface area contributed by atoms with E-state index in [-0.39, 0.29) is 0 Å². The molecule has 6 heteroatoms. The summed E-state index contributed by atoms with van der Waals surface area (Å²) >= 11 is 8.52. The number of hydrogen-bond donors (Lipinski definition) is 1. The summed E-state index contributed by atoms with van der Waals surface area (Å²) in [5.74, 6) is 1.56. The number of aromatic nitrogens is 2. The molecule has 0 aliphatic carbocycles. The van der Waals surface area contributed by atoms with Gasteiger partial charge in [-0.2, -0.15) is 0 Å². The van der Waals surface area contributed by atoms with Gasteiger partial charge in [0.25, 0.3) is 0 Å². The molecule has 0 radical (unpaired) electrons. The molecule has 0 atom stereocenters. The molecule has 0 spiro atoms. The smallest absolute Gasteiger partial charge is 0.171 e. The Kier molecular flexibility index (Phi) is 3.61. The maximum absolute atomic E-state index is 4.46. The van der Waals surface area contributed by atoms with E-state index in [1.165, 1.54) is 0 Å². The molecule has 0 fully saturated rings. The second kappa shape index (κ2) is 4.81. The van der Waals surface area contributed by atoms with Crippen molar-refractivity contribution in [3.63, 3.8) is 0 Å². The lowest BCUT2D eigenvalue weighted by Gasteiger charge is -2.07. The van der Waals surface area contributed by atoms with E-state index in [1.807, 2.05) is 26.1 Å². The van der Waals surface area contributed by atoms with Gasteiger partial charge in [0.15, 0.2) is 5.82 Å². The van der Waals surface area contributed by atoms with Crippen LogP contribution in [0, 0.1) is 6.92 Å².